The number of Topliss-reactive ketones (excluding diaryl/α,β-unsaturated/α-hetero) is 1. The first-order valence-corrected chi connectivity index (χ1v) is 11.1. The van der Waals surface area contributed by atoms with Crippen molar-refractivity contribution in [2.24, 2.45) is 5.73 Å². The monoisotopic (exact) mass is 452 g/mol. The molecule has 0 radical (unpaired) electrons. The van der Waals surface area contributed by atoms with Crippen molar-refractivity contribution in [2.75, 3.05) is 11.9 Å². The van der Waals surface area contributed by atoms with Crippen molar-refractivity contribution in [3.8, 4) is 0 Å². The molecule has 0 bridgehead atoms. The summed E-state index contributed by atoms with van der Waals surface area (Å²) in [6, 6.07) is 18.0. The minimum Gasteiger partial charge on any atom is -0.462 e. The molecule has 0 saturated heterocycles. The summed E-state index contributed by atoms with van der Waals surface area (Å²) in [5, 5.41) is 4.43. The molecule has 1 spiro atoms. The minimum absolute atomic E-state index is 0.0683. The van der Waals surface area contributed by atoms with Crippen LogP contribution in [-0.2, 0) is 24.5 Å². The van der Waals surface area contributed by atoms with Crippen LogP contribution in [0.1, 0.15) is 34.8 Å². The predicted molar refractivity (Wildman–Crippen MR) is 125 cm³/mol. The molecular formula is C27H20N2O5. The van der Waals surface area contributed by atoms with E-state index in [0.717, 1.165) is 10.8 Å². The van der Waals surface area contributed by atoms with Gasteiger partial charge in [-0.2, -0.15) is 0 Å². The van der Waals surface area contributed by atoms with Gasteiger partial charge < -0.3 is 20.5 Å². The number of para-hydroxylation sites is 1. The Morgan fingerprint density at radius 3 is 2.53 bits per heavy atom. The third kappa shape index (κ3) is 2.38. The second kappa shape index (κ2) is 7.05. The van der Waals surface area contributed by atoms with Crippen molar-refractivity contribution >= 4 is 39.9 Å². The summed E-state index contributed by atoms with van der Waals surface area (Å²) in [6.07, 6.45) is 0.581. The third-order valence-electron chi connectivity index (χ3n) is 6.62. The maximum atomic E-state index is 14.1. The van der Waals surface area contributed by atoms with Gasteiger partial charge in [0, 0.05) is 27.8 Å². The summed E-state index contributed by atoms with van der Waals surface area (Å²) in [6.45, 7) is 2.00. The fourth-order valence-electron chi connectivity index (χ4n) is 5.28. The number of ketones is 1. The first-order chi connectivity index (χ1) is 16.5. The fraction of sp³-hybridized carbons (Fsp3) is 0.148. The summed E-state index contributed by atoms with van der Waals surface area (Å²) in [4.78, 5) is 41.3. The molecule has 34 heavy (non-hydrogen) atoms. The van der Waals surface area contributed by atoms with Crippen LogP contribution in [0.5, 0.6) is 0 Å². The Bertz CT molecular complexity index is 1510. The van der Waals surface area contributed by atoms with E-state index in [-0.39, 0.29) is 35.2 Å². The lowest BCUT2D eigenvalue weighted by Crippen LogP contribution is -2.48. The molecule has 1 unspecified atom stereocenters. The van der Waals surface area contributed by atoms with Gasteiger partial charge in [-0.1, -0.05) is 61.5 Å². The van der Waals surface area contributed by atoms with Gasteiger partial charge in [0.1, 0.15) is 16.7 Å². The molecule has 0 aromatic heterocycles. The maximum absolute atomic E-state index is 14.1. The van der Waals surface area contributed by atoms with Crippen LogP contribution < -0.4 is 11.1 Å². The first kappa shape index (κ1) is 20.2. The lowest BCUT2D eigenvalue weighted by molar-refractivity contribution is -0.141. The molecule has 168 valence electrons. The van der Waals surface area contributed by atoms with Gasteiger partial charge in [-0.25, -0.2) is 4.79 Å². The zero-order chi connectivity index (χ0) is 23.6. The van der Waals surface area contributed by atoms with E-state index < -0.39 is 17.3 Å². The van der Waals surface area contributed by atoms with Crippen molar-refractivity contribution in [1.29, 1.82) is 0 Å². The van der Waals surface area contributed by atoms with Crippen LogP contribution in [0.15, 0.2) is 77.7 Å². The Hall–Kier alpha value is -4.39. The van der Waals surface area contributed by atoms with Gasteiger partial charge >= 0.3 is 5.97 Å². The van der Waals surface area contributed by atoms with E-state index in [9.17, 15) is 14.4 Å². The van der Waals surface area contributed by atoms with E-state index in [4.69, 9.17) is 15.2 Å². The van der Waals surface area contributed by atoms with Gasteiger partial charge in [-0.05, 0) is 17.9 Å². The molecule has 7 heteroatoms. The Kier molecular flexibility index (Phi) is 4.20. The molecule has 0 saturated carbocycles. The second-order valence-electron chi connectivity index (χ2n) is 8.47. The number of benzene rings is 3. The minimum atomic E-state index is -1.80. The average molecular weight is 452 g/mol. The summed E-state index contributed by atoms with van der Waals surface area (Å²) in [7, 11) is 0. The van der Waals surface area contributed by atoms with Crippen molar-refractivity contribution in [3.63, 3.8) is 0 Å². The van der Waals surface area contributed by atoms with Crippen molar-refractivity contribution in [3.05, 3.63) is 94.4 Å². The smallest absolute Gasteiger partial charge is 0.341 e. The molecule has 1 amide bonds. The van der Waals surface area contributed by atoms with E-state index in [0.29, 0.717) is 28.8 Å². The number of ether oxygens (including phenoxy) is 2. The SMILES string of the molecule is CCCOC(=O)C1=C(N)OC2=C(C(=O)c3cccc4cccc2c34)C12C(=O)Nc1ccccc12. The predicted octanol–water partition coefficient (Wildman–Crippen LogP) is 3.79. The number of hydrogen-bond donors (Lipinski definition) is 2. The van der Waals surface area contributed by atoms with E-state index >= 15 is 0 Å². The highest BCUT2D eigenvalue weighted by molar-refractivity contribution is 6.32. The molecule has 7 nitrogen and oxygen atoms in total. The normalized spacial score (nSPS) is 20.3. The molecule has 1 atom stereocenters. The summed E-state index contributed by atoms with van der Waals surface area (Å²) in [5.74, 6) is -1.79. The number of rotatable bonds is 3. The number of nitrogens with two attached hydrogens (primary N) is 1. The van der Waals surface area contributed by atoms with Crippen LogP contribution in [0, 0.1) is 0 Å². The van der Waals surface area contributed by atoms with Crippen LogP contribution in [0.4, 0.5) is 5.69 Å². The van der Waals surface area contributed by atoms with Crippen LogP contribution in [0.3, 0.4) is 0 Å². The standard InChI is InChI=1S/C27H20N2O5/c1-2-13-33-25(31)21-24(28)34-23-16-10-6-8-14-7-5-9-15(19(14)16)22(30)20(23)27(21)17-11-3-4-12-18(17)29-26(27)32/h3-12H,2,13,28H2,1H3,(H,29,32). The molecule has 2 heterocycles. The fourth-order valence-corrected chi connectivity index (χ4v) is 5.28. The molecule has 3 aliphatic rings. The van der Waals surface area contributed by atoms with Gasteiger partial charge in [0.05, 0.1) is 12.2 Å². The third-order valence-corrected chi connectivity index (χ3v) is 6.62. The largest absolute Gasteiger partial charge is 0.462 e. The first-order valence-electron chi connectivity index (χ1n) is 11.1. The number of hydrogen-bond acceptors (Lipinski definition) is 6. The molecule has 3 aromatic rings. The summed E-state index contributed by atoms with van der Waals surface area (Å²) >= 11 is 0. The number of amides is 1. The summed E-state index contributed by atoms with van der Waals surface area (Å²) < 4.78 is 11.4. The molecule has 6 rings (SSSR count). The number of carbonyl (C=O) groups excluding carboxylic acids is 3. The van der Waals surface area contributed by atoms with Gasteiger partial charge in [0.25, 0.3) is 0 Å². The van der Waals surface area contributed by atoms with Crippen LogP contribution >= 0.6 is 0 Å². The van der Waals surface area contributed by atoms with E-state index in [1.54, 1.807) is 36.4 Å². The van der Waals surface area contributed by atoms with E-state index in [1.165, 1.54) is 0 Å². The number of carbonyl (C=O) groups is 3. The number of fused-ring (bicyclic) bond motifs is 4. The Morgan fingerprint density at radius 2 is 1.76 bits per heavy atom. The summed E-state index contributed by atoms with van der Waals surface area (Å²) in [5.41, 5.74) is 6.49. The zero-order valence-corrected chi connectivity index (χ0v) is 18.3. The maximum Gasteiger partial charge on any atom is 0.341 e. The van der Waals surface area contributed by atoms with Crippen LogP contribution in [0.25, 0.3) is 16.5 Å². The van der Waals surface area contributed by atoms with Gasteiger partial charge in [-0.3, -0.25) is 9.59 Å². The quantitative estimate of drug-likeness (QED) is 0.586. The van der Waals surface area contributed by atoms with E-state index in [2.05, 4.69) is 5.32 Å². The molecule has 1 aliphatic carbocycles. The van der Waals surface area contributed by atoms with Crippen LogP contribution in [0.2, 0.25) is 0 Å². The molecule has 3 aromatic carbocycles. The second-order valence-corrected chi connectivity index (χ2v) is 8.47. The highest BCUT2D eigenvalue weighted by Crippen LogP contribution is 2.56. The highest BCUT2D eigenvalue weighted by Gasteiger charge is 2.62. The van der Waals surface area contributed by atoms with Crippen LogP contribution in [-0.4, -0.2) is 24.3 Å². The highest BCUT2D eigenvalue weighted by atomic mass is 16.5. The lowest BCUT2D eigenvalue weighted by Gasteiger charge is -2.38. The topological polar surface area (TPSA) is 108 Å². The van der Waals surface area contributed by atoms with Crippen molar-refractivity contribution in [2.45, 2.75) is 18.8 Å². The van der Waals surface area contributed by atoms with Gasteiger partial charge in [0.2, 0.25) is 11.8 Å². The molecule has 3 N–H and O–H groups in total. The molecule has 2 aliphatic heterocycles. The Morgan fingerprint density at radius 1 is 1.03 bits per heavy atom. The number of esters is 1. The van der Waals surface area contributed by atoms with Gasteiger partial charge in [-0.15, -0.1) is 0 Å². The Labute approximate surface area is 194 Å². The number of anilines is 1. The number of nitrogens with one attached hydrogen (secondary N) is 1. The van der Waals surface area contributed by atoms with Gasteiger partial charge in [0.15, 0.2) is 5.78 Å². The zero-order valence-electron chi connectivity index (χ0n) is 18.3. The van der Waals surface area contributed by atoms with Crippen molar-refractivity contribution < 1.29 is 23.9 Å². The van der Waals surface area contributed by atoms with E-state index in [1.807, 2.05) is 31.2 Å². The molecular weight excluding hydrogens is 432 g/mol. The lowest BCUT2D eigenvalue weighted by atomic mass is 9.64. The van der Waals surface area contributed by atoms with Crippen molar-refractivity contribution in [1.82, 2.24) is 0 Å². The average Bonchev–Trinajstić information content (AvgIpc) is 3.12. The molecule has 0 fully saturated rings. The Balaban J connectivity index is 1.73.